The van der Waals surface area contributed by atoms with Gasteiger partial charge in [0.2, 0.25) is 11.8 Å². The van der Waals surface area contributed by atoms with Crippen molar-refractivity contribution >= 4 is 23.6 Å². The third-order valence-electron chi connectivity index (χ3n) is 6.64. The molecule has 2 heterocycles. The molecule has 0 aliphatic carbocycles. The number of carbonyl (C=O) groups excluding carboxylic acids is 2. The van der Waals surface area contributed by atoms with E-state index in [2.05, 4.69) is 35.0 Å². The van der Waals surface area contributed by atoms with Crippen molar-refractivity contribution in [1.29, 1.82) is 0 Å². The molecule has 0 saturated heterocycles. The Balaban J connectivity index is 1.77. The first-order valence-corrected chi connectivity index (χ1v) is 14.8. The van der Waals surface area contributed by atoms with Gasteiger partial charge in [-0.1, -0.05) is 37.3 Å². The number of nitrogens with one attached hydrogen (secondary N) is 3. The number of thioether (sulfide) groups is 1. The molecular formula is C29H40FN3O4S. The standard InChI is InChI=1S/C29H40FN3O4S/c1-3-20-7-6-8-22(15-20)18-31-19-26(34)25-17-21-10-11-27(23(30)16-21)37-13-5-4-9-28(35)32-24(12-14-38-2)29(36)33-25/h6-8,10-11,15-16,24-26,31,34H,3-5,9,12-14,17-19H2,1-2H3,(H,32,35)(H,33,36)/t24?,25-,26+/m0/s1. The first-order valence-electron chi connectivity index (χ1n) is 13.4. The molecule has 4 N–H and O–H groups in total. The zero-order valence-electron chi connectivity index (χ0n) is 22.3. The molecule has 9 heteroatoms. The number of rotatable bonds is 9. The number of benzene rings is 2. The zero-order valence-corrected chi connectivity index (χ0v) is 23.1. The number of hydrogen-bond donors (Lipinski definition) is 4. The Morgan fingerprint density at radius 2 is 1.97 bits per heavy atom. The highest BCUT2D eigenvalue weighted by Crippen LogP contribution is 2.21. The van der Waals surface area contributed by atoms with Crippen LogP contribution in [0.4, 0.5) is 4.39 Å². The summed E-state index contributed by atoms with van der Waals surface area (Å²) in [5.41, 5.74) is 2.98. The van der Waals surface area contributed by atoms with E-state index in [1.165, 1.54) is 11.6 Å². The molecule has 7 nitrogen and oxygen atoms in total. The number of carbonyl (C=O) groups is 2. The molecule has 3 atom stereocenters. The van der Waals surface area contributed by atoms with Gasteiger partial charge in [-0.3, -0.25) is 9.59 Å². The van der Waals surface area contributed by atoms with Crippen LogP contribution in [0.25, 0.3) is 0 Å². The van der Waals surface area contributed by atoms with Gasteiger partial charge in [-0.2, -0.15) is 11.8 Å². The van der Waals surface area contributed by atoms with E-state index < -0.39 is 24.0 Å². The zero-order chi connectivity index (χ0) is 27.3. The molecular weight excluding hydrogens is 505 g/mol. The van der Waals surface area contributed by atoms with Crippen LogP contribution in [0.5, 0.6) is 5.75 Å². The minimum atomic E-state index is -0.942. The van der Waals surface area contributed by atoms with Gasteiger partial charge in [0.05, 0.1) is 18.8 Å². The lowest BCUT2D eigenvalue weighted by molar-refractivity contribution is -0.130. The fourth-order valence-electron chi connectivity index (χ4n) is 4.42. The van der Waals surface area contributed by atoms with E-state index >= 15 is 0 Å². The Labute approximate surface area is 229 Å². The Kier molecular flexibility index (Phi) is 12.4. The van der Waals surface area contributed by atoms with Crippen LogP contribution in [0.3, 0.4) is 0 Å². The van der Waals surface area contributed by atoms with Gasteiger partial charge < -0.3 is 25.8 Å². The van der Waals surface area contributed by atoms with Gasteiger partial charge in [-0.15, -0.1) is 0 Å². The van der Waals surface area contributed by atoms with Crippen molar-refractivity contribution in [3.8, 4) is 5.75 Å². The second-order valence-corrected chi connectivity index (χ2v) is 10.6. The molecule has 4 rings (SSSR count). The number of hydrogen-bond acceptors (Lipinski definition) is 6. The highest BCUT2D eigenvalue weighted by atomic mass is 32.2. The van der Waals surface area contributed by atoms with Gasteiger partial charge in [0, 0.05) is 19.5 Å². The van der Waals surface area contributed by atoms with Gasteiger partial charge in [-0.05, 0) is 72.9 Å². The van der Waals surface area contributed by atoms with Crippen LogP contribution in [0.15, 0.2) is 42.5 Å². The molecule has 2 aromatic carbocycles. The normalized spacial score (nSPS) is 19.9. The van der Waals surface area contributed by atoms with Crippen molar-refractivity contribution in [2.24, 2.45) is 0 Å². The van der Waals surface area contributed by atoms with E-state index in [0.717, 1.165) is 12.0 Å². The Morgan fingerprint density at radius 1 is 1.16 bits per heavy atom. The van der Waals surface area contributed by atoms with Crippen molar-refractivity contribution in [3.05, 3.63) is 65.0 Å². The largest absolute Gasteiger partial charge is 0.491 e. The summed E-state index contributed by atoms with van der Waals surface area (Å²) in [6, 6.07) is 11.6. The highest BCUT2D eigenvalue weighted by Gasteiger charge is 2.27. The Hall–Kier alpha value is -2.62. The average molecular weight is 546 g/mol. The molecule has 0 spiro atoms. The smallest absolute Gasteiger partial charge is 0.242 e. The van der Waals surface area contributed by atoms with Crippen molar-refractivity contribution in [1.82, 2.24) is 16.0 Å². The average Bonchev–Trinajstić information content (AvgIpc) is 2.91. The molecule has 0 fully saturated rings. The summed E-state index contributed by atoms with van der Waals surface area (Å²) in [6.45, 7) is 3.20. The highest BCUT2D eigenvalue weighted by molar-refractivity contribution is 7.98. The summed E-state index contributed by atoms with van der Waals surface area (Å²) < 4.78 is 20.3. The number of halogens is 1. The van der Waals surface area contributed by atoms with Crippen LogP contribution in [-0.4, -0.2) is 60.3 Å². The first kappa shape index (κ1) is 29.9. The fourth-order valence-corrected chi connectivity index (χ4v) is 4.89. The van der Waals surface area contributed by atoms with Gasteiger partial charge in [0.1, 0.15) is 6.04 Å². The first-order chi connectivity index (χ1) is 18.4. The molecule has 0 radical (unpaired) electrons. The van der Waals surface area contributed by atoms with Gasteiger partial charge in [0.15, 0.2) is 11.6 Å². The molecule has 208 valence electrons. The lowest BCUT2D eigenvalue weighted by atomic mass is 9.99. The monoisotopic (exact) mass is 545 g/mol. The number of fused-ring (bicyclic) bond motifs is 13. The van der Waals surface area contributed by atoms with Gasteiger partial charge in [-0.25, -0.2) is 4.39 Å². The SMILES string of the molecule is CCc1cccc(CNC[C@@H](O)[C@@H]2Cc3ccc(c(F)c3)OCCCCC(=O)NC(CCSC)C(=O)N2)c1. The quantitative estimate of drug-likeness (QED) is 0.386. The second kappa shape index (κ2) is 15.7. The summed E-state index contributed by atoms with van der Waals surface area (Å²) in [4.78, 5) is 25.8. The molecule has 2 amide bonds. The van der Waals surface area contributed by atoms with E-state index in [4.69, 9.17) is 4.74 Å². The van der Waals surface area contributed by atoms with E-state index in [1.807, 2.05) is 18.4 Å². The maximum atomic E-state index is 14.7. The predicted molar refractivity (Wildman–Crippen MR) is 150 cm³/mol. The molecule has 2 aromatic rings. The van der Waals surface area contributed by atoms with Crippen LogP contribution in [0.2, 0.25) is 0 Å². The van der Waals surface area contributed by atoms with Crippen LogP contribution >= 0.6 is 11.8 Å². The number of aryl methyl sites for hydroxylation is 1. The number of amides is 2. The lowest BCUT2D eigenvalue weighted by Crippen LogP contribution is -2.55. The Bertz CT molecular complexity index is 1050. The van der Waals surface area contributed by atoms with E-state index in [0.29, 0.717) is 43.7 Å². The molecule has 1 unspecified atom stereocenters. The van der Waals surface area contributed by atoms with Crippen LogP contribution in [0, 0.1) is 5.82 Å². The fraction of sp³-hybridized carbons (Fsp3) is 0.517. The van der Waals surface area contributed by atoms with Crippen LogP contribution in [0.1, 0.15) is 49.3 Å². The third kappa shape index (κ3) is 9.60. The van der Waals surface area contributed by atoms with E-state index in [9.17, 15) is 19.1 Å². The lowest BCUT2D eigenvalue weighted by Gasteiger charge is -2.28. The van der Waals surface area contributed by atoms with Crippen molar-refractivity contribution in [2.75, 3.05) is 25.2 Å². The van der Waals surface area contributed by atoms with E-state index in [-0.39, 0.29) is 37.0 Å². The number of aliphatic hydroxyl groups is 1. The molecule has 0 saturated carbocycles. The minimum absolute atomic E-state index is 0.152. The molecule has 0 aromatic heterocycles. The van der Waals surface area contributed by atoms with Crippen molar-refractivity contribution in [2.45, 2.75) is 70.2 Å². The van der Waals surface area contributed by atoms with Crippen molar-refractivity contribution < 1.29 is 23.8 Å². The molecule has 2 bridgehead atoms. The summed E-state index contributed by atoms with van der Waals surface area (Å²) in [6.07, 6.45) is 4.06. The van der Waals surface area contributed by atoms with Gasteiger partial charge >= 0.3 is 0 Å². The third-order valence-corrected chi connectivity index (χ3v) is 7.29. The van der Waals surface area contributed by atoms with Crippen LogP contribution < -0.4 is 20.7 Å². The maximum Gasteiger partial charge on any atom is 0.242 e. The van der Waals surface area contributed by atoms with Crippen molar-refractivity contribution in [3.63, 3.8) is 0 Å². The topological polar surface area (TPSA) is 99.7 Å². The molecule has 38 heavy (non-hydrogen) atoms. The maximum absolute atomic E-state index is 14.7. The predicted octanol–water partition coefficient (Wildman–Crippen LogP) is 3.37. The van der Waals surface area contributed by atoms with Gasteiger partial charge in [0.25, 0.3) is 0 Å². The summed E-state index contributed by atoms with van der Waals surface area (Å²) in [7, 11) is 0. The van der Waals surface area contributed by atoms with Crippen LogP contribution in [-0.2, 0) is 29.0 Å². The second-order valence-electron chi connectivity index (χ2n) is 9.66. The minimum Gasteiger partial charge on any atom is -0.491 e. The summed E-state index contributed by atoms with van der Waals surface area (Å²) in [5, 5.41) is 20.2. The number of ether oxygens (including phenoxy) is 1. The summed E-state index contributed by atoms with van der Waals surface area (Å²) in [5.74, 6) is -0.191. The number of aliphatic hydroxyl groups excluding tert-OH is 1. The Morgan fingerprint density at radius 3 is 2.74 bits per heavy atom. The summed E-state index contributed by atoms with van der Waals surface area (Å²) >= 11 is 1.59. The molecule has 2 aliphatic rings. The molecule has 2 aliphatic heterocycles. The van der Waals surface area contributed by atoms with E-state index in [1.54, 1.807) is 23.9 Å².